The van der Waals surface area contributed by atoms with Gasteiger partial charge >= 0.3 is 0 Å². The van der Waals surface area contributed by atoms with Crippen LogP contribution in [0.3, 0.4) is 0 Å². The van der Waals surface area contributed by atoms with Crippen LogP contribution in [-0.4, -0.2) is 0 Å². The highest BCUT2D eigenvalue weighted by Gasteiger charge is 2.15. The van der Waals surface area contributed by atoms with Crippen LogP contribution in [0.5, 0.6) is 5.75 Å². The minimum atomic E-state index is 0.681. The summed E-state index contributed by atoms with van der Waals surface area (Å²) >= 11 is 0. The lowest BCUT2D eigenvalue weighted by Gasteiger charge is -2.09. The molecule has 1 nitrogen and oxygen atoms in total. The maximum atomic E-state index is 5.56. The number of ether oxygens (including phenoxy) is 1. The molecule has 0 amide bonds. The lowest BCUT2D eigenvalue weighted by molar-refractivity contribution is 0.335. The van der Waals surface area contributed by atoms with Gasteiger partial charge in [0.1, 0.15) is 12.4 Å². The van der Waals surface area contributed by atoms with E-state index in [-0.39, 0.29) is 0 Å². The zero-order valence-corrected chi connectivity index (χ0v) is 7.78. The molecule has 69 valence electrons. The molecule has 0 N–H and O–H groups in total. The first kappa shape index (κ1) is 8.61. The summed E-state index contributed by atoms with van der Waals surface area (Å²) in [6.07, 6.45) is 5.32. The molecule has 0 bridgehead atoms. The molecule has 2 rings (SSSR count). The highest BCUT2D eigenvalue weighted by Crippen LogP contribution is 2.27. The van der Waals surface area contributed by atoms with Crippen LogP contribution in [0.15, 0.2) is 30.3 Å². The molecule has 1 aliphatic carbocycles. The molecule has 0 aliphatic heterocycles. The molecule has 1 aromatic carbocycles. The molecular formula is C12H15O. The topological polar surface area (TPSA) is 9.23 Å². The molecule has 1 saturated carbocycles. The third-order valence-electron chi connectivity index (χ3n) is 2.54. The van der Waals surface area contributed by atoms with Gasteiger partial charge in [0.2, 0.25) is 0 Å². The van der Waals surface area contributed by atoms with E-state index in [0.717, 1.165) is 5.75 Å². The van der Waals surface area contributed by atoms with Gasteiger partial charge in [-0.15, -0.1) is 0 Å². The van der Waals surface area contributed by atoms with Crippen molar-refractivity contribution in [2.45, 2.75) is 25.7 Å². The maximum absolute atomic E-state index is 5.56. The molecule has 1 heteroatoms. The normalized spacial score (nSPS) is 17.5. The Morgan fingerprint density at radius 1 is 1.08 bits per heavy atom. The number of benzene rings is 1. The summed E-state index contributed by atoms with van der Waals surface area (Å²) in [5.74, 6) is 1.63. The molecule has 0 saturated heterocycles. The molecular weight excluding hydrogens is 160 g/mol. The summed E-state index contributed by atoms with van der Waals surface area (Å²) < 4.78 is 5.56. The lowest BCUT2D eigenvalue weighted by atomic mass is 10.1. The summed E-state index contributed by atoms with van der Waals surface area (Å²) in [6.45, 7) is 2.00. The number of hydrogen-bond acceptors (Lipinski definition) is 1. The first-order chi connectivity index (χ1) is 6.45. The van der Waals surface area contributed by atoms with Crippen molar-refractivity contribution in [1.29, 1.82) is 0 Å². The van der Waals surface area contributed by atoms with E-state index in [1.165, 1.54) is 25.7 Å². The average molecular weight is 175 g/mol. The van der Waals surface area contributed by atoms with Gasteiger partial charge in [-0.1, -0.05) is 31.0 Å². The second-order valence-electron chi connectivity index (χ2n) is 3.61. The third-order valence-corrected chi connectivity index (χ3v) is 2.54. The van der Waals surface area contributed by atoms with Crippen molar-refractivity contribution in [3.8, 4) is 5.75 Å². The van der Waals surface area contributed by atoms with Gasteiger partial charge in [0, 0.05) is 0 Å². The summed E-state index contributed by atoms with van der Waals surface area (Å²) in [5.41, 5.74) is 0. The second-order valence-corrected chi connectivity index (χ2v) is 3.61. The zero-order valence-electron chi connectivity index (χ0n) is 7.78. The molecule has 1 radical (unpaired) electrons. The number of hydrogen-bond donors (Lipinski definition) is 0. The fraction of sp³-hybridized carbons (Fsp3) is 0.417. The van der Waals surface area contributed by atoms with E-state index in [9.17, 15) is 0 Å². The molecule has 1 aliphatic rings. The Balaban J connectivity index is 1.79. The van der Waals surface area contributed by atoms with Crippen LogP contribution in [0, 0.1) is 12.5 Å². The largest absolute Gasteiger partial charge is 0.486 e. The Hall–Kier alpha value is -0.980. The number of rotatable bonds is 3. The Morgan fingerprint density at radius 2 is 1.77 bits per heavy atom. The first-order valence-corrected chi connectivity index (χ1v) is 5.00. The monoisotopic (exact) mass is 175 g/mol. The van der Waals surface area contributed by atoms with Crippen molar-refractivity contribution < 1.29 is 4.74 Å². The van der Waals surface area contributed by atoms with Crippen molar-refractivity contribution in [3.05, 3.63) is 36.9 Å². The second kappa shape index (κ2) is 4.31. The minimum Gasteiger partial charge on any atom is -0.486 e. The van der Waals surface area contributed by atoms with E-state index in [4.69, 9.17) is 4.74 Å². The summed E-state index contributed by atoms with van der Waals surface area (Å²) in [6, 6.07) is 9.98. The standard InChI is InChI=1S/C12H15O/c1-2-8-12(9-3-1)13-10-11-6-4-5-7-11/h1-3,8-11H,4-7H2. The van der Waals surface area contributed by atoms with E-state index < -0.39 is 0 Å². The molecule has 0 unspecified atom stereocenters. The molecule has 0 aromatic heterocycles. The van der Waals surface area contributed by atoms with Crippen molar-refractivity contribution in [1.82, 2.24) is 0 Å². The Morgan fingerprint density at radius 3 is 2.46 bits per heavy atom. The van der Waals surface area contributed by atoms with Gasteiger partial charge in [0.25, 0.3) is 0 Å². The van der Waals surface area contributed by atoms with Crippen LogP contribution in [0.1, 0.15) is 25.7 Å². The fourth-order valence-electron chi connectivity index (χ4n) is 1.77. The van der Waals surface area contributed by atoms with Crippen molar-refractivity contribution >= 4 is 0 Å². The van der Waals surface area contributed by atoms with Crippen molar-refractivity contribution in [2.24, 2.45) is 5.92 Å². The van der Waals surface area contributed by atoms with E-state index in [1.54, 1.807) is 0 Å². The van der Waals surface area contributed by atoms with E-state index in [2.05, 4.69) is 0 Å². The Labute approximate surface area is 79.7 Å². The van der Waals surface area contributed by atoms with E-state index in [0.29, 0.717) is 5.92 Å². The average Bonchev–Trinajstić information content (AvgIpc) is 2.69. The van der Waals surface area contributed by atoms with Gasteiger partial charge in [0.15, 0.2) is 0 Å². The summed E-state index contributed by atoms with van der Waals surface area (Å²) in [5, 5.41) is 0. The van der Waals surface area contributed by atoms with Crippen LogP contribution >= 0.6 is 0 Å². The summed E-state index contributed by atoms with van der Waals surface area (Å²) in [4.78, 5) is 0. The highest BCUT2D eigenvalue weighted by atomic mass is 16.5. The van der Waals surface area contributed by atoms with Crippen LogP contribution in [-0.2, 0) is 0 Å². The minimum absolute atomic E-state index is 0.681. The Bertz CT molecular complexity index is 237. The molecule has 1 fully saturated rings. The van der Waals surface area contributed by atoms with Crippen LogP contribution in [0.2, 0.25) is 0 Å². The third kappa shape index (κ3) is 2.48. The molecule has 0 spiro atoms. The maximum Gasteiger partial charge on any atom is 0.138 e. The van der Waals surface area contributed by atoms with Gasteiger partial charge in [-0.25, -0.2) is 0 Å². The van der Waals surface area contributed by atoms with Crippen LogP contribution in [0.4, 0.5) is 0 Å². The quantitative estimate of drug-likeness (QED) is 0.684. The summed E-state index contributed by atoms with van der Waals surface area (Å²) in [7, 11) is 0. The molecule has 13 heavy (non-hydrogen) atoms. The lowest BCUT2D eigenvalue weighted by Crippen LogP contribution is -2.00. The van der Waals surface area contributed by atoms with Gasteiger partial charge in [-0.3, -0.25) is 0 Å². The van der Waals surface area contributed by atoms with Gasteiger partial charge in [0.05, 0.1) is 0 Å². The SMILES string of the molecule is [CH](Oc1ccccc1)C1CCCC1. The predicted molar refractivity (Wildman–Crippen MR) is 53.3 cm³/mol. The van der Waals surface area contributed by atoms with E-state index in [1.807, 2.05) is 36.9 Å². The smallest absolute Gasteiger partial charge is 0.138 e. The van der Waals surface area contributed by atoms with Crippen molar-refractivity contribution in [2.75, 3.05) is 0 Å². The van der Waals surface area contributed by atoms with E-state index >= 15 is 0 Å². The molecule has 1 aromatic rings. The van der Waals surface area contributed by atoms with Crippen LogP contribution in [0.25, 0.3) is 0 Å². The molecule has 0 atom stereocenters. The zero-order chi connectivity index (χ0) is 8.93. The van der Waals surface area contributed by atoms with Crippen molar-refractivity contribution in [3.63, 3.8) is 0 Å². The van der Waals surface area contributed by atoms with Gasteiger partial charge in [-0.05, 0) is 30.9 Å². The van der Waals surface area contributed by atoms with Crippen LogP contribution < -0.4 is 4.74 Å². The van der Waals surface area contributed by atoms with Gasteiger partial charge in [-0.2, -0.15) is 0 Å². The number of para-hydroxylation sites is 1. The Kier molecular flexibility index (Phi) is 2.86. The first-order valence-electron chi connectivity index (χ1n) is 5.00. The highest BCUT2D eigenvalue weighted by molar-refractivity contribution is 5.21. The van der Waals surface area contributed by atoms with Gasteiger partial charge < -0.3 is 4.74 Å². The molecule has 0 heterocycles. The predicted octanol–water partition coefficient (Wildman–Crippen LogP) is 3.42. The fourth-order valence-corrected chi connectivity index (χ4v) is 1.77.